The summed E-state index contributed by atoms with van der Waals surface area (Å²) in [5.41, 5.74) is 2.26. The Kier molecular flexibility index (Phi) is 6.04. The van der Waals surface area contributed by atoms with Crippen LogP contribution in [0, 0.1) is 0 Å². The summed E-state index contributed by atoms with van der Waals surface area (Å²) in [4.78, 5) is 30.4. The second kappa shape index (κ2) is 8.89. The van der Waals surface area contributed by atoms with Crippen LogP contribution in [-0.2, 0) is 4.79 Å². The summed E-state index contributed by atoms with van der Waals surface area (Å²) in [5, 5.41) is 3.44. The van der Waals surface area contributed by atoms with E-state index in [2.05, 4.69) is 10.3 Å². The van der Waals surface area contributed by atoms with Gasteiger partial charge < -0.3 is 18.8 Å². The molecule has 0 aliphatic heterocycles. The van der Waals surface area contributed by atoms with Crippen LogP contribution < -0.4 is 10.1 Å². The molecule has 7 nitrogen and oxygen atoms in total. The predicted molar refractivity (Wildman–Crippen MR) is 118 cm³/mol. The highest BCUT2D eigenvalue weighted by Crippen LogP contribution is 2.35. The number of carbonyl (C=O) groups excluding carboxylic acids is 2. The van der Waals surface area contributed by atoms with Gasteiger partial charge in [0.25, 0.3) is 5.91 Å². The summed E-state index contributed by atoms with van der Waals surface area (Å²) < 4.78 is 11.4. The van der Waals surface area contributed by atoms with Crippen LogP contribution >= 0.6 is 0 Å². The van der Waals surface area contributed by atoms with E-state index in [0.717, 1.165) is 37.5 Å². The van der Waals surface area contributed by atoms with Gasteiger partial charge in [-0.1, -0.05) is 12.1 Å². The van der Waals surface area contributed by atoms with Crippen molar-refractivity contribution < 1.29 is 18.7 Å². The Bertz CT molecular complexity index is 1050. The monoisotopic (exact) mass is 421 g/mol. The van der Waals surface area contributed by atoms with Crippen LogP contribution in [-0.4, -0.2) is 48.4 Å². The molecule has 4 rings (SSSR count). The van der Waals surface area contributed by atoms with Gasteiger partial charge in [0.05, 0.1) is 18.3 Å². The number of aromatic nitrogens is 1. The molecule has 1 aliphatic carbocycles. The lowest BCUT2D eigenvalue weighted by Gasteiger charge is -2.40. The number of oxazole rings is 1. The molecular weight excluding hydrogens is 394 g/mol. The molecule has 162 valence electrons. The van der Waals surface area contributed by atoms with E-state index in [-0.39, 0.29) is 5.91 Å². The number of hydrogen-bond acceptors (Lipinski definition) is 6. The van der Waals surface area contributed by atoms with Gasteiger partial charge in [-0.05, 0) is 56.0 Å². The average molecular weight is 421 g/mol. The van der Waals surface area contributed by atoms with E-state index in [1.807, 2.05) is 37.4 Å². The molecule has 0 unspecified atom stereocenters. The van der Waals surface area contributed by atoms with Crippen molar-refractivity contribution in [3.8, 4) is 17.2 Å². The zero-order chi connectivity index (χ0) is 21.8. The smallest absolute Gasteiger partial charge is 0.255 e. The minimum atomic E-state index is -0.424. The van der Waals surface area contributed by atoms with E-state index in [4.69, 9.17) is 9.15 Å². The van der Waals surface area contributed by atoms with Crippen LogP contribution in [0.15, 0.2) is 46.9 Å². The Hall–Kier alpha value is -3.19. The molecule has 0 spiro atoms. The number of nitrogens with zero attached hydrogens (tertiary/aromatic N) is 2. The number of methoxy groups -OCH3 is 1. The maximum atomic E-state index is 13.3. The fraction of sp³-hybridized carbons (Fsp3) is 0.375. The third-order valence-electron chi connectivity index (χ3n) is 6.07. The molecule has 0 radical (unpaired) electrons. The standard InChI is InChI=1S/C24H27N3O4/c1-27(24(12-5-6-13-24)25-14-7-15-28)23(29)17-10-11-18(21(16-17)30-2)22-26-19-8-3-4-9-20(19)31-22/h3-4,8-11,15-16,25H,5-7,12-14H2,1-2H3. The number of hydrogen-bond donors (Lipinski definition) is 1. The molecule has 0 saturated heterocycles. The zero-order valence-corrected chi connectivity index (χ0v) is 17.9. The van der Waals surface area contributed by atoms with Crippen LogP contribution in [0.5, 0.6) is 5.75 Å². The Balaban J connectivity index is 1.61. The SMILES string of the molecule is COc1cc(C(=O)N(C)C2(NCCC=O)CCCC2)ccc1-c1nc2ccccc2o1. The lowest BCUT2D eigenvalue weighted by Crippen LogP contribution is -2.57. The molecule has 1 N–H and O–H groups in total. The molecular formula is C24H27N3O4. The molecule has 2 aromatic carbocycles. The summed E-state index contributed by atoms with van der Waals surface area (Å²) in [6.07, 6.45) is 5.15. The third kappa shape index (κ3) is 4.05. The molecule has 3 aromatic rings. The largest absolute Gasteiger partial charge is 0.496 e. The first-order valence-electron chi connectivity index (χ1n) is 10.6. The van der Waals surface area contributed by atoms with Gasteiger partial charge in [-0.3, -0.25) is 10.1 Å². The highest BCUT2D eigenvalue weighted by atomic mass is 16.5. The van der Waals surface area contributed by atoms with Crippen molar-refractivity contribution >= 4 is 23.3 Å². The van der Waals surface area contributed by atoms with Gasteiger partial charge in [0.2, 0.25) is 5.89 Å². The van der Waals surface area contributed by atoms with Gasteiger partial charge in [-0.2, -0.15) is 0 Å². The second-order valence-electron chi connectivity index (χ2n) is 7.89. The number of amides is 1. The lowest BCUT2D eigenvalue weighted by atomic mass is 10.0. The van der Waals surface area contributed by atoms with Crippen molar-refractivity contribution in [3.63, 3.8) is 0 Å². The molecule has 1 saturated carbocycles. The van der Waals surface area contributed by atoms with Crippen LogP contribution in [0.25, 0.3) is 22.6 Å². The molecule has 1 fully saturated rings. The van der Waals surface area contributed by atoms with Crippen LogP contribution in [0.1, 0.15) is 42.5 Å². The Morgan fingerprint density at radius 2 is 2.03 bits per heavy atom. The lowest BCUT2D eigenvalue weighted by molar-refractivity contribution is -0.107. The maximum Gasteiger partial charge on any atom is 0.255 e. The van der Waals surface area contributed by atoms with E-state index in [1.165, 1.54) is 0 Å². The first-order chi connectivity index (χ1) is 15.1. The third-order valence-corrected chi connectivity index (χ3v) is 6.07. The van der Waals surface area contributed by atoms with Crippen LogP contribution in [0.4, 0.5) is 0 Å². The number of rotatable bonds is 8. The number of para-hydroxylation sites is 2. The number of aldehydes is 1. The van der Waals surface area contributed by atoms with Crippen molar-refractivity contribution in [2.45, 2.75) is 37.8 Å². The molecule has 0 atom stereocenters. The van der Waals surface area contributed by atoms with Gasteiger partial charge in [-0.15, -0.1) is 0 Å². The van der Waals surface area contributed by atoms with Gasteiger partial charge in [0.15, 0.2) is 5.58 Å². The molecule has 31 heavy (non-hydrogen) atoms. The first kappa shape index (κ1) is 21.1. The van der Waals surface area contributed by atoms with E-state index >= 15 is 0 Å². The zero-order valence-electron chi connectivity index (χ0n) is 17.9. The van der Waals surface area contributed by atoms with Crippen molar-refractivity contribution in [3.05, 3.63) is 48.0 Å². The minimum Gasteiger partial charge on any atom is -0.496 e. The van der Waals surface area contributed by atoms with Gasteiger partial charge in [0.1, 0.15) is 17.6 Å². The van der Waals surface area contributed by atoms with Crippen LogP contribution in [0.2, 0.25) is 0 Å². The van der Waals surface area contributed by atoms with E-state index < -0.39 is 5.66 Å². The van der Waals surface area contributed by atoms with Gasteiger partial charge in [0, 0.05) is 25.6 Å². The first-order valence-corrected chi connectivity index (χ1v) is 10.6. The number of benzene rings is 2. The fourth-order valence-corrected chi connectivity index (χ4v) is 4.33. The summed E-state index contributed by atoms with van der Waals surface area (Å²) in [6, 6.07) is 12.9. The molecule has 1 amide bonds. The Morgan fingerprint density at radius 3 is 2.74 bits per heavy atom. The van der Waals surface area contributed by atoms with Crippen LogP contribution in [0.3, 0.4) is 0 Å². The van der Waals surface area contributed by atoms with Crippen molar-refractivity contribution in [2.24, 2.45) is 0 Å². The number of ether oxygens (including phenoxy) is 1. The molecule has 1 aliphatic rings. The number of fused-ring (bicyclic) bond motifs is 1. The Morgan fingerprint density at radius 1 is 1.26 bits per heavy atom. The highest BCUT2D eigenvalue weighted by molar-refractivity contribution is 5.96. The summed E-state index contributed by atoms with van der Waals surface area (Å²) >= 11 is 0. The molecule has 0 bridgehead atoms. The Labute approximate surface area is 181 Å². The summed E-state index contributed by atoms with van der Waals surface area (Å²) in [7, 11) is 3.39. The highest BCUT2D eigenvalue weighted by Gasteiger charge is 2.40. The maximum absolute atomic E-state index is 13.3. The van der Waals surface area contributed by atoms with Crippen molar-refractivity contribution in [2.75, 3.05) is 20.7 Å². The van der Waals surface area contributed by atoms with Gasteiger partial charge in [-0.25, -0.2) is 4.98 Å². The average Bonchev–Trinajstić information content (AvgIpc) is 3.45. The topological polar surface area (TPSA) is 84.7 Å². The number of nitrogens with one attached hydrogen (secondary N) is 1. The quantitative estimate of drug-likeness (QED) is 0.336. The van der Waals surface area contributed by atoms with E-state index in [1.54, 1.807) is 24.1 Å². The number of carbonyl (C=O) groups is 2. The van der Waals surface area contributed by atoms with E-state index in [9.17, 15) is 9.59 Å². The van der Waals surface area contributed by atoms with E-state index in [0.29, 0.717) is 41.3 Å². The molecule has 1 aromatic heterocycles. The molecule has 7 heteroatoms. The predicted octanol–water partition coefficient (Wildman–Crippen LogP) is 4.02. The van der Waals surface area contributed by atoms with Crippen molar-refractivity contribution in [1.29, 1.82) is 0 Å². The molecule has 1 heterocycles. The van der Waals surface area contributed by atoms with Crippen molar-refractivity contribution in [1.82, 2.24) is 15.2 Å². The summed E-state index contributed by atoms with van der Waals surface area (Å²) in [6.45, 7) is 0.557. The second-order valence-corrected chi connectivity index (χ2v) is 7.89. The normalized spacial score (nSPS) is 15.2. The fourth-order valence-electron chi connectivity index (χ4n) is 4.33. The minimum absolute atomic E-state index is 0.0945. The summed E-state index contributed by atoms with van der Waals surface area (Å²) in [5.74, 6) is 0.885. The van der Waals surface area contributed by atoms with Gasteiger partial charge >= 0.3 is 0 Å².